The number of amides is 1. The van der Waals surface area contributed by atoms with Crippen LogP contribution in [0.25, 0.3) is 0 Å². The highest BCUT2D eigenvalue weighted by Crippen LogP contribution is 2.41. The van der Waals surface area contributed by atoms with Crippen LogP contribution in [0.3, 0.4) is 0 Å². The maximum atomic E-state index is 12.5. The van der Waals surface area contributed by atoms with E-state index in [4.69, 9.17) is 13.7 Å². The van der Waals surface area contributed by atoms with E-state index in [1.165, 1.54) is 12.7 Å². The van der Waals surface area contributed by atoms with Gasteiger partial charge >= 0.3 is 6.09 Å². The third kappa shape index (κ3) is 2.19. The molecule has 0 bridgehead atoms. The molecule has 0 aromatic carbocycles. The summed E-state index contributed by atoms with van der Waals surface area (Å²) in [5.41, 5.74) is 0.309. The fourth-order valence-corrected chi connectivity index (χ4v) is 3.57. The summed E-state index contributed by atoms with van der Waals surface area (Å²) in [6.07, 6.45) is 8.09. The van der Waals surface area contributed by atoms with Crippen molar-refractivity contribution in [2.24, 2.45) is 0 Å². The van der Waals surface area contributed by atoms with Crippen molar-refractivity contribution in [1.29, 1.82) is 0 Å². The fourth-order valence-electron chi connectivity index (χ4n) is 3.57. The minimum atomic E-state index is -0.400. The lowest BCUT2D eigenvalue weighted by molar-refractivity contribution is 0.0259. The Morgan fingerprint density at radius 3 is 2.73 bits per heavy atom. The molecule has 116 valence electrons. The Hall–Kier alpha value is -2.24. The van der Waals surface area contributed by atoms with Crippen LogP contribution in [0.15, 0.2) is 39.7 Å². The number of aromatic nitrogens is 1. The van der Waals surface area contributed by atoms with Crippen molar-refractivity contribution in [3.05, 3.63) is 42.2 Å². The first-order valence-corrected chi connectivity index (χ1v) is 7.71. The first-order valence-electron chi connectivity index (χ1n) is 7.71. The summed E-state index contributed by atoms with van der Waals surface area (Å²) in [5, 5.41) is 4.00. The van der Waals surface area contributed by atoms with Gasteiger partial charge in [-0.05, 0) is 37.8 Å². The van der Waals surface area contributed by atoms with Crippen LogP contribution in [0.4, 0.5) is 4.79 Å². The van der Waals surface area contributed by atoms with Gasteiger partial charge in [-0.15, -0.1) is 0 Å². The Kier molecular flexibility index (Phi) is 3.17. The normalized spacial score (nSPS) is 22.0. The van der Waals surface area contributed by atoms with Gasteiger partial charge in [0.15, 0.2) is 0 Å². The predicted octanol–water partition coefficient (Wildman–Crippen LogP) is 3.51. The summed E-state index contributed by atoms with van der Waals surface area (Å²) >= 11 is 0. The van der Waals surface area contributed by atoms with E-state index in [0.29, 0.717) is 18.0 Å². The van der Waals surface area contributed by atoms with Gasteiger partial charge in [-0.3, -0.25) is 4.90 Å². The minimum absolute atomic E-state index is 0.300. The smallest absolute Gasteiger partial charge is 0.411 e. The van der Waals surface area contributed by atoms with Crippen LogP contribution >= 0.6 is 0 Å². The van der Waals surface area contributed by atoms with Crippen molar-refractivity contribution in [1.82, 2.24) is 10.1 Å². The van der Waals surface area contributed by atoms with E-state index >= 15 is 0 Å². The number of furan rings is 1. The molecule has 22 heavy (non-hydrogen) atoms. The van der Waals surface area contributed by atoms with Crippen LogP contribution in [0, 0.1) is 0 Å². The SMILES string of the molecule is O=C1OC2(CCCCC2)CN1C(c1ccon1)c1ccco1. The van der Waals surface area contributed by atoms with Gasteiger partial charge in [-0.2, -0.15) is 0 Å². The monoisotopic (exact) mass is 302 g/mol. The lowest BCUT2D eigenvalue weighted by Gasteiger charge is -2.31. The molecule has 1 saturated heterocycles. The lowest BCUT2D eigenvalue weighted by Crippen LogP contribution is -2.38. The molecule has 1 unspecified atom stereocenters. The average molecular weight is 302 g/mol. The zero-order valence-electron chi connectivity index (χ0n) is 12.2. The molecule has 1 aliphatic carbocycles. The minimum Gasteiger partial charge on any atom is -0.467 e. The molecule has 2 aromatic rings. The number of hydrogen-bond donors (Lipinski definition) is 0. The zero-order chi connectivity index (χ0) is 15.0. The summed E-state index contributed by atoms with van der Waals surface area (Å²) in [7, 11) is 0. The zero-order valence-corrected chi connectivity index (χ0v) is 12.2. The van der Waals surface area contributed by atoms with E-state index in [0.717, 1.165) is 25.7 Å². The Labute approximate surface area is 128 Å². The Balaban J connectivity index is 1.67. The summed E-state index contributed by atoms with van der Waals surface area (Å²) in [6, 6.07) is 5.01. The van der Waals surface area contributed by atoms with Crippen LogP contribution < -0.4 is 0 Å². The standard InChI is InChI=1S/C16H18N2O4/c19-15-18(11-16(22-15)7-2-1-3-8-16)14(12-6-10-21-17-12)13-5-4-9-20-13/h4-6,9-10,14H,1-3,7-8,11H2. The maximum Gasteiger partial charge on any atom is 0.411 e. The topological polar surface area (TPSA) is 68.7 Å². The molecule has 1 atom stereocenters. The molecule has 2 fully saturated rings. The summed E-state index contributed by atoms with van der Waals surface area (Å²) < 4.78 is 16.2. The van der Waals surface area contributed by atoms with Crippen LogP contribution in [0.1, 0.15) is 49.6 Å². The second-order valence-corrected chi connectivity index (χ2v) is 6.08. The van der Waals surface area contributed by atoms with Crippen molar-refractivity contribution in [3.63, 3.8) is 0 Å². The first-order chi connectivity index (χ1) is 10.8. The number of hydrogen-bond acceptors (Lipinski definition) is 5. The lowest BCUT2D eigenvalue weighted by atomic mass is 9.84. The number of nitrogens with zero attached hydrogens (tertiary/aromatic N) is 2. The van der Waals surface area contributed by atoms with Crippen LogP contribution in [-0.2, 0) is 4.74 Å². The number of ether oxygens (including phenoxy) is 1. The molecule has 0 radical (unpaired) electrons. The van der Waals surface area contributed by atoms with E-state index < -0.39 is 6.04 Å². The Morgan fingerprint density at radius 2 is 2.05 bits per heavy atom. The van der Waals surface area contributed by atoms with Crippen LogP contribution in [0.5, 0.6) is 0 Å². The third-order valence-electron chi connectivity index (χ3n) is 4.62. The van der Waals surface area contributed by atoms with Crippen LogP contribution in [-0.4, -0.2) is 28.3 Å². The van der Waals surface area contributed by atoms with Gasteiger partial charge in [-0.25, -0.2) is 4.79 Å². The number of carbonyl (C=O) groups excluding carboxylic acids is 1. The van der Waals surface area contributed by atoms with Gasteiger partial charge in [0, 0.05) is 6.07 Å². The molecule has 0 N–H and O–H groups in total. The van der Waals surface area contributed by atoms with Crippen molar-refractivity contribution >= 4 is 6.09 Å². The predicted molar refractivity (Wildman–Crippen MR) is 76.1 cm³/mol. The highest BCUT2D eigenvalue weighted by atomic mass is 16.6. The molecule has 4 rings (SSSR count). The molecule has 6 nitrogen and oxygen atoms in total. The van der Waals surface area contributed by atoms with Gasteiger partial charge in [0.2, 0.25) is 0 Å². The van der Waals surface area contributed by atoms with Crippen LogP contribution in [0.2, 0.25) is 0 Å². The van der Waals surface area contributed by atoms with E-state index in [2.05, 4.69) is 5.16 Å². The van der Waals surface area contributed by atoms with E-state index in [-0.39, 0.29) is 11.7 Å². The molecule has 1 spiro atoms. The number of rotatable bonds is 3. The van der Waals surface area contributed by atoms with E-state index in [9.17, 15) is 4.79 Å². The molecule has 6 heteroatoms. The average Bonchev–Trinajstić information content (AvgIpc) is 3.25. The summed E-state index contributed by atoms with van der Waals surface area (Å²) in [5.74, 6) is 0.665. The Morgan fingerprint density at radius 1 is 1.18 bits per heavy atom. The van der Waals surface area contributed by atoms with Gasteiger partial charge in [0.25, 0.3) is 0 Å². The largest absolute Gasteiger partial charge is 0.467 e. The van der Waals surface area contributed by atoms with E-state index in [1.54, 1.807) is 23.3 Å². The maximum absolute atomic E-state index is 12.5. The fraction of sp³-hybridized carbons (Fsp3) is 0.500. The van der Waals surface area contributed by atoms with Crippen molar-refractivity contribution in [3.8, 4) is 0 Å². The van der Waals surface area contributed by atoms with E-state index in [1.807, 2.05) is 6.07 Å². The Bertz CT molecular complexity index is 595. The first kappa shape index (κ1) is 13.4. The highest BCUT2D eigenvalue weighted by Gasteiger charge is 2.49. The number of carbonyl (C=O) groups is 1. The van der Waals surface area contributed by atoms with Gasteiger partial charge in [0.1, 0.15) is 29.4 Å². The summed E-state index contributed by atoms with van der Waals surface area (Å²) in [4.78, 5) is 14.2. The second kappa shape index (κ2) is 5.19. The molecular weight excluding hydrogens is 284 g/mol. The van der Waals surface area contributed by atoms with Crippen molar-refractivity contribution < 1.29 is 18.5 Å². The molecule has 3 heterocycles. The molecule has 2 aromatic heterocycles. The summed E-state index contributed by atoms with van der Waals surface area (Å²) in [6.45, 7) is 0.573. The van der Waals surface area contributed by atoms with Crippen molar-refractivity contribution in [2.75, 3.05) is 6.54 Å². The molecular formula is C16H18N2O4. The third-order valence-corrected chi connectivity index (χ3v) is 4.62. The van der Waals surface area contributed by atoms with Crippen molar-refractivity contribution in [2.45, 2.75) is 43.7 Å². The highest BCUT2D eigenvalue weighted by molar-refractivity contribution is 5.72. The molecule has 1 amide bonds. The molecule has 1 saturated carbocycles. The van der Waals surface area contributed by atoms with Gasteiger partial charge in [0.05, 0.1) is 12.8 Å². The quantitative estimate of drug-likeness (QED) is 0.867. The molecule has 1 aliphatic heterocycles. The second-order valence-electron chi connectivity index (χ2n) is 6.08. The molecule has 2 aliphatic rings. The van der Waals surface area contributed by atoms with Gasteiger partial charge < -0.3 is 13.7 Å². The van der Waals surface area contributed by atoms with Gasteiger partial charge in [-0.1, -0.05) is 11.6 Å².